The number of nitrogens with zero attached hydrogens (tertiary/aromatic N) is 2. The quantitative estimate of drug-likeness (QED) is 0.757. The van der Waals surface area contributed by atoms with Gasteiger partial charge in [0.2, 0.25) is 0 Å². The van der Waals surface area contributed by atoms with Crippen molar-refractivity contribution in [3.63, 3.8) is 0 Å². The van der Waals surface area contributed by atoms with E-state index >= 15 is 0 Å². The summed E-state index contributed by atoms with van der Waals surface area (Å²) < 4.78 is 2.01. The second-order valence-corrected chi connectivity index (χ2v) is 3.98. The van der Waals surface area contributed by atoms with E-state index < -0.39 is 0 Å². The van der Waals surface area contributed by atoms with Crippen LogP contribution in [0.5, 0.6) is 0 Å². The lowest BCUT2D eigenvalue weighted by Gasteiger charge is -2.11. The molecule has 0 fully saturated rings. The van der Waals surface area contributed by atoms with E-state index in [1.165, 1.54) is 0 Å². The zero-order valence-corrected chi connectivity index (χ0v) is 10.4. The van der Waals surface area contributed by atoms with Crippen molar-refractivity contribution in [2.24, 2.45) is 5.92 Å². The maximum absolute atomic E-state index is 11.9. The van der Waals surface area contributed by atoms with E-state index in [0.29, 0.717) is 6.42 Å². The molecule has 4 heteroatoms. The van der Waals surface area contributed by atoms with Crippen molar-refractivity contribution >= 4 is 5.78 Å². The fraction of sp³-hybridized carbons (Fsp3) is 0.667. The number of hydrogen-bond donors (Lipinski definition) is 1. The van der Waals surface area contributed by atoms with Gasteiger partial charge in [-0.25, -0.2) is 4.98 Å². The summed E-state index contributed by atoms with van der Waals surface area (Å²) in [6.45, 7) is 8.58. The molecule has 1 rings (SSSR count). The molecule has 1 aromatic heterocycles. The van der Waals surface area contributed by atoms with Crippen LogP contribution in [0.1, 0.15) is 26.6 Å². The summed E-state index contributed by atoms with van der Waals surface area (Å²) >= 11 is 0. The molecular weight excluding hydrogens is 202 g/mol. The Balaban J connectivity index is 2.50. The first-order chi connectivity index (χ1) is 7.69. The van der Waals surface area contributed by atoms with Gasteiger partial charge in [0.1, 0.15) is 11.6 Å². The summed E-state index contributed by atoms with van der Waals surface area (Å²) in [5.41, 5.74) is 0. The van der Waals surface area contributed by atoms with Gasteiger partial charge in [-0.1, -0.05) is 13.8 Å². The zero-order valence-electron chi connectivity index (χ0n) is 10.4. The summed E-state index contributed by atoms with van der Waals surface area (Å²) in [5, 5.41) is 3.19. The third-order valence-corrected chi connectivity index (χ3v) is 2.72. The number of hydrogen-bond acceptors (Lipinski definition) is 3. The second kappa shape index (κ2) is 6.43. The van der Waals surface area contributed by atoms with Crippen LogP contribution in [-0.4, -0.2) is 28.4 Å². The molecule has 0 aliphatic carbocycles. The van der Waals surface area contributed by atoms with Gasteiger partial charge in [-0.2, -0.15) is 0 Å². The van der Waals surface area contributed by atoms with Crippen molar-refractivity contribution in [3.8, 4) is 0 Å². The van der Waals surface area contributed by atoms with Crippen molar-refractivity contribution in [1.29, 1.82) is 0 Å². The smallest absolute Gasteiger partial charge is 0.144 e. The maximum atomic E-state index is 11.9. The molecule has 0 aliphatic heterocycles. The van der Waals surface area contributed by atoms with Crippen molar-refractivity contribution in [1.82, 2.24) is 14.9 Å². The van der Waals surface area contributed by atoms with Gasteiger partial charge < -0.3 is 9.88 Å². The number of Topliss-reactive ketones (excluding diaryl/α,β-unsaturated/α-hetero) is 1. The second-order valence-electron chi connectivity index (χ2n) is 3.98. The summed E-state index contributed by atoms with van der Waals surface area (Å²) in [6.07, 6.45) is 4.10. The van der Waals surface area contributed by atoms with E-state index in [0.717, 1.165) is 25.5 Å². The van der Waals surface area contributed by atoms with Crippen molar-refractivity contribution < 1.29 is 4.79 Å². The highest BCUT2D eigenvalue weighted by molar-refractivity contribution is 5.82. The van der Waals surface area contributed by atoms with Gasteiger partial charge in [0.15, 0.2) is 0 Å². The van der Waals surface area contributed by atoms with Crippen LogP contribution in [0.15, 0.2) is 12.4 Å². The molecule has 16 heavy (non-hydrogen) atoms. The van der Waals surface area contributed by atoms with E-state index in [-0.39, 0.29) is 11.7 Å². The standard InChI is InChI=1S/C12H21N3O/c1-4-13-9-10(3)11(16)8-12-14-6-7-15(12)5-2/h6-7,10,13H,4-5,8-9H2,1-3H3. The van der Waals surface area contributed by atoms with E-state index in [9.17, 15) is 4.79 Å². The zero-order chi connectivity index (χ0) is 12.0. The fourth-order valence-corrected chi connectivity index (χ4v) is 1.60. The van der Waals surface area contributed by atoms with Gasteiger partial charge >= 0.3 is 0 Å². The van der Waals surface area contributed by atoms with Crippen LogP contribution in [0.25, 0.3) is 0 Å². The average molecular weight is 223 g/mol. The minimum Gasteiger partial charge on any atom is -0.335 e. The van der Waals surface area contributed by atoms with Gasteiger partial charge in [-0.3, -0.25) is 4.79 Å². The molecule has 0 aromatic carbocycles. The molecule has 0 spiro atoms. The number of ketones is 1. The van der Waals surface area contributed by atoms with Crippen LogP contribution in [0.4, 0.5) is 0 Å². The third-order valence-electron chi connectivity index (χ3n) is 2.72. The van der Waals surface area contributed by atoms with Crippen LogP contribution in [0.2, 0.25) is 0 Å². The first-order valence-corrected chi connectivity index (χ1v) is 5.92. The normalized spacial score (nSPS) is 12.7. The molecule has 1 aromatic rings. The van der Waals surface area contributed by atoms with E-state index in [1.807, 2.05) is 24.6 Å². The number of imidazole rings is 1. The van der Waals surface area contributed by atoms with Gasteiger partial charge in [-0.15, -0.1) is 0 Å². The van der Waals surface area contributed by atoms with Crippen molar-refractivity contribution in [2.75, 3.05) is 13.1 Å². The fourth-order valence-electron chi connectivity index (χ4n) is 1.60. The number of aryl methyl sites for hydroxylation is 1. The lowest BCUT2D eigenvalue weighted by Crippen LogP contribution is -2.28. The number of aromatic nitrogens is 2. The van der Waals surface area contributed by atoms with Gasteiger partial charge in [0, 0.05) is 31.4 Å². The van der Waals surface area contributed by atoms with Crippen LogP contribution in [0.3, 0.4) is 0 Å². The Morgan fingerprint density at radius 2 is 2.31 bits per heavy atom. The molecule has 0 amide bonds. The highest BCUT2D eigenvalue weighted by atomic mass is 16.1. The molecule has 0 radical (unpaired) electrons. The molecule has 1 atom stereocenters. The summed E-state index contributed by atoms with van der Waals surface area (Å²) in [4.78, 5) is 16.1. The van der Waals surface area contributed by atoms with Crippen molar-refractivity contribution in [3.05, 3.63) is 18.2 Å². The summed E-state index contributed by atoms with van der Waals surface area (Å²) in [6, 6.07) is 0. The van der Waals surface area contributed by atoms with Gasteiger partial charge in [0.25, 0.3) is 0 Å². The number of carbonyl (C=O) groups excluding carboxylic acids is 1. The predicted molar refractivity (Wildman–Crippen MR) is 64.3 cm³/mol. The van der Waals surface area contributed by atoms with Crippen LogP contribution in [-0.2, 0) is 17.8 Å². The lowest BCUT2D eigenvalue weighted by molar-refractivity contribution is -0.121. The SMILES string of the molecule is CCNCC(C)C(=O)Cc1nccn1CC. The highest BCUT2D eigenvalue weighted by Gasteiger charge is 2.15. The molecule has 90 valence electrons. The minimum absolute atomic E-state index is 0.0574. The Morgan fingerprint density at radius 1 is 1.56 bits per heavy atom. The Hall–Kier alpha value is -1.16. The third kappa shape index (κ3) is 3.45. The van der Waals surface area contributed by atoms with Crippen LogP contribution >= 0.6 is 0 Å². The molecule has 4 nitrogen and oxygen atoms in total. The molecule has 0 bridgehead atoms. The van der Waals surface area contributed by atoms with Crippen LogP contribution < -0.4 is 5.32 Å². The van der Waals surface area contributed by atoms with Gasteiger partial charge in [-0.05, 0) is 13.5 Å². The topological polar surface area (TPSA) is 46.9 Å². The molecule has 1 N–H and O–H groups in total. The van der Waals surface area contributed by atoms with E-state index in [4.69, 9.17) is 0 Å². The lowest BCUT2D eigenvalue weighted by atomic mass is 10.0. The molecule has 0 saturated carbocycles. The highest BCUT2D eigenvalue weighted by Crippen LogP contribution is 2.04. The molecular formula is C12H21N3O. The number of carbonyl (C=O) groups is 1. The summed E-state index contributed by atoms with van der Waals surface area (Å²) in [5.74, 6) is 1.18. The van der Waals surface area contributed by atoms with Gasteiger partial charge in [0.05, 0.1) is 6.42 Å². The molecule has 0 saturated heterocycles. The maximum Gasteiger partial charge on any atom is 0.144 e. The van der Waals surface area contributed by atoms with Crippen LogP contribution in [0, 0.1) is 5.92 Å². The minimum atomic E-state index is 0.0574. The predicted octanol–water partition coefficient (Wildman–Crippen LogP) is 1.26. The Labute approximate surface area is 97.1 Å². The molecule has 1 unspecified atom stereocenters. The Kier molecular flexibility index (Phi) is 5.19. The van der Waals surface area contributed by atoms with E-state index in [2.05, 4.69) is 17.2 Å². The molecule has 1 heterocycles. The Morgan fingerprint density at radius 3 is 2.94 bits per heavy atom. The first kappa shape index (κ1) is 12.9. The number of rotatable bonds is 7. The number of nitrogens with one attached hydrogen (secondary N) is 1. The largest absolute Gasteiger partial charge is 0.335 e. The summed E-state index contributed by atoms with van der Waals surface area (Å²) in [7, 11) is 0. The van der Waals surface area contributed by atoms with Crippen molar-refractivity contribution in [2.45, 2.75) is 33.7 Å². The van der Waals surface area contributed by atoms with E-state index in [1.54, 1.807) is 6.20 Å². The average Bonchev–Trinajstić information content (AvgIpc) is 2.72. The Bertz CT molecular complexity index is 333. The monoisotopic (exact) mass is 223 g/mol. The molecule has 0 aliphatic rings. The first-order valence-electron chi connectivity index (χ1n) is 5.92.